The Kier molecular flexibility index (Phi) is 8.04. The van der Waals surface area contributed by atoms with Crippen LogP contribution in [-0.2, 0) is 16.0 Å². The van der Waals surface area contributed by atoms with Crippen LogP contribution in [0, 0.1) is 5.92 Å². The van der Waals surface area contributed by atoms with Crippen molar-refractivity contribution in [3.63, 3.8) is 0 Å². The first kappa shape index (κ1) is 20.6. The lowest BCUT2D eigenvalue weighted by atomic mass is 10.0. The fourth-order valence-electron chi connectivity index (χ4n) is 2.57. The van der Waals surface area contributed by atoms with E-state index in [-0.39, 0.29) is 18.2 Å². The summed E-state index contributed by atoms with van der Waals surface area (Å²) in [5, 5.41) is 11.8. The molecule has 0 aliphatic carbocycles. The van der Waals surface area contributed by atoms with Crippen molar-refractivity contribution in [2.75, 3.05) is 21.3 Å². The number of carbonyl (C=O) groups is 2. The summed E-state index contributed by atoms with van der Waals surface area (Å²) in [7, 11) is 4.56. The fourth-order valence-corrected chi connectivity index (χ4v) is 2.57. The third-order valence-corrected chi connectivity index (χ3v) is 3.75. The molecule has 1 aromatic rings. The van der Waals surface area contributed by atoms with E-state index >= 15 is 0 Å². The number of ether oxygens (including phenoxy) is 3. The van der Waals surface area contributed by atoms with Crippen LogP contribution in [0.5, 0.6) is 17.2 Å². The average molecular weight is 353 g/mol. The van der Waals surface area contributed by atoms with Gasteiger partial charge in [-0.05, 0) is 30.4 Å². The van der Waals surface area contributed by atoms with Crippen LogP contribution in [-0.4, -0.2) is 44.4 Å². The van der Waals surface area contributed by atoms with E-state index in [4.69, 9.17) is 14.2 Å². The van der Waals surface area contributed by atoms with Crippen molar-refractivity contribution in [1.82, 2.24) is 5.32 Å². The lowest BCUT2D eigenvalue weighted by Crippen LogP contribution is -2.41. The molecule has 0 unspecified atom stereocenters. The average Bonchev–Trinajstić information content (AvgIpc) is 2.57. The molecular weight excluding hydrogens is 326 g/mol. The molecule has 0 bridgehead atoms. The van der Waals surface area contributed by atoms with Gasteiger partial charge in [0, 0.05) is 6.42 Å². The minimum atomic E-state index is -1.02. The van der Waals surface area contributed by atoms with E-state index in [1.165, 1.54) is 21.3 Å². The van der Waals surface area contributed by atoms with Gasteiger partial charge in [0.25, 0.3) is 0 Å². The summed E-state index contributed by atoms with van der Waals surface area (Å²) in [6, 6.07) is 2.67. The molecule has 2 N–H and O–H groups in total. The number of carbonyl (C=O) groups excluding carboxylic acids is 1. The predicted octanol–water partition coefficient (Wildman–Crippen LogP) is 2.26. The Morgan fingerprint density at radius 3 is 2.20 bits per heavy atom. The first-order valence-corrected chi connectivity index (χ1v) is 8.14. The van der Waals surface area contributed by atoms with Crippen LogP contribution in [0.2, 0.25) is 0 Å². The van der Waals surface area contributed by atoms with Crippen LogP contribution in [0.15, 0.2) is 12.1 Å². The van der Waals surface area contributed by atoms with Crippen molar-refractivity contribution in [3.05, 3.63) is 17.7 Å². The van der Waals surface area contributed by atoms with Gasteiger partial charge in [0.15, 0.2) is 11.5 Å². The Balaban J connectivity index is 2.80. The Hall–Kier alpha value is -2.44. The number of rotatable bonds is 10. The number of nitrogens with one attached hydrogen (secondary N) is 1. The number of aryl methyl sites for hydroxylation is 1. The van der Waals surface area contributed by atoms with Gasteiger partial charge in [-0.25, -0.2) is 4.79 Å². The van der Waals surface area contributed by atoms with E-state index in [9.17, 15) is 14.7 Å². The quantitative estimate of drug-likeness (QED) is 0.670. The summed E-state index contributed by atoms with van der Waals surface area (Å²) in [4.78, 5) is 23.4. The van der Waals surface area contributed by atoms with E-state index in [0.717, 1.165) is 5.56 Å². The summed E-state index contributed by atoms with van der Waals surface area (Å²) >= 11 is 0. The number of benzene rings is 1. The molecule has 0 fully saturated rings. The maximum Gasteiger partial charge on any atom is 0.326 e. The smallest absolute Gasteiger partial charge is 0.326 e. The summed E-state index contributed by atoms with van der Waals surface area (Å²) in [5.41, 5.74) is 0.783. The van der Waals surface area contributed by atoms with Gasteiger partial charge in [0.05, 0.1) is 21.3 Å². The molecule has 1 rings (SSSR count). The Labute approximate surface area is 148 Å². The van der Waals surface area contributed by atoms with Gasteiger partial charge < -0.3 is 24.6 Å². The highest BCUT2D eigenvalue weighted by molar-refractivity contribution is 5.83. The maximum atomic E-state index is 12.1. The van der Waals surface area contributed by atoms with Gasteiger partial charge in [0.1, 0.15) is 6.04 Å². The summed E-state index contributed by atoms with van der Waals surface area (Å²) in [6.45, 7) is 3.83. The molecule has 0 aliphatic heterocycles. The molecule has 0 aromatic heterocycles. The van der Waals surface area contributed by atoms with E-state index in [1.807, 2.05) is 13.8 Å². The molecule has 7 nitrogen and oxygen atoms in total. The minimum absolute atomic E-state index is 0.147. The second kappa shape index (κ2) is 9.76. The van der Waals surface area contributed by atoms with Crippen molar-refractivity contribution >= 4 is 11.9 Å². The molecule has 0 saturated carbocycles. The highest BCUT2D eigenvalue weighted by atomic mass is 16.5. The SMILES string of the molecule is COc1ccc(CCC(=O)N[C@H](CC(C)C)C(=O)O)c(OC)c1OC. The van der Waals surface area contributed by atoms with Crippen LogP contribution in [0.4, 0.5) is 0 Å². The number of carboxylic acids is 1. The molecule has 0 aliphatic rings. The van der Waals surface area contributed by atoms with Crippen LogP contribution in [0.25, 0.3) is 0 Å². The molecule has 0 heterocycles. The maximum absolute atomic E-state index is 12.1. The molecule has 140 valence electrons. The first-order valence-electron chi connectivity index (χ1n) is 8.14. The molecule has 1 atom stereocenters. The summed E-state index contributed by atoms with van der Waals surface area (Å²) < 4.78 is 15.9. The largest absolute Gasteiger partial charge is 0.493 e. The molecule has 0 saturated heterocycles. The van der Waals surface area contributed by atoms with Crippen LogP contribution in [0.3, 0.4) is 0 Å². The Bertz CT molecular complexity index is 599. The zero-order chi connectivity index (χ0) is 19.0. The second-order valence-electron chi connectivity index (χ2n) is 6.08. The number of carboxylic acid groups (broad SMARTS) is 1. The van der Waals surface area contributed by atoms with Crippen molar-refractivity contribution in [2.24, 2.45) is 5.92 Å². The monoisotopic (exact) mass is 353 g/mol. The number of hydrogen-bond donors (Lipinski definition) is 2. The van der Waals surface area contributed by atoms with Crippen molar-refractivity contribution in [1.29, 1.82) is 0 Å². The summed E-state index contributed by atoms with van der Waals surface area (Å²) in [6.07, 6.45) is 0.928. The summed E-state index contributed by atoms with van der Waals surface area (Å²) in [5.74, 6) is 0.344. The van der Waals surface area contributed by atoms with Gasteiger partial charge in [-0.2, -0.15) is 0 Å². The highest BCUT2D eigenvalue weighted by Crippen LogP contribution is 2.40. The number of hydrogen-bond acceptors (Lipinski definition) is 5. The second-order valence-corrected chi connectivity index (χ2v) is 6.08. The molecule has 7 heteroatoms. The van der Waals surface area contributed by atoms with E-state index < -0.39 is 12.0 Å². The van der Waals surface area contributed by atoms with Crippen molar-refractivity contribution in [2.45, 2.75) is 39.2 Å². The number of methoxy groups -OCH3 is 3. The molecule has 0 spiro atoms. The van der Waals surface area contributed by atoms with Crippen molar-refractivity contribution < 1.29 is 28.9 Å². The first-order chi connectivity index (χ1) is 11.8. The fraction of sp³-hybridized carbons (Fsp3) is 0.556. The molecule has 1 aromatic carbocycles. The van der Waals surface area contributed by atoms with Crippen molar-refractivity contribution in [3.8, 4) is 17.2 Å². The lowest BCUT2D eigenvalue weighted by Gasteiger charge is -2.17. The highest BCUT2D eigenvalue weighted by Gasteiger charge is 2.22. The predicted molar refractivity (Wildman–Crippen MR) is 93.4 cm³/mol. The van der Waals surface area contributed by atoms with Crippen LogP contribution < -0.4 is 19.5 Å². The number of aliphatic carboxylic acids is 1. The van der Waals surface area contributed by atoms with Gasteiger partial charge in [-0.1, -0.05) is 19.9 Å². The van der Waals surface area contributed by atoms with Crippen LogP contribution in [0.1, 0.15) is 32.3 Å². The Morgan fingerprint density at radius 2 is 1.72 bits per heavy atom. The Morgan fingerprint density at radius 1 is 1.08 bits per heavy atom. The van der Waals surface area contributed by atoms with Gasteiger partial charge in [-0.15, -0.1) is 0 Å². The lowest BCUT2D eigenvalue weighted by molar-refractivity contribution is -0.142. The third-order valence-electron chi connectivity index (χ3n) is 3.75. The normalized spacial score (nSPS) is 11.8. The number of amides is 1. The van der Waals surface area contributed by atoms with E-state index in [1.54, 1.807) is 12.1 Å². The molecule has 25 heavy (non-hydrogen) atoms. The molecule has 1 amide bonds. The van der Waals surface area contributed by atoms with Gasteiger partial charge in [-0.3, -0.25) is 4.79 Å². The van der Waals surface area contributed by atoms with Gasteiger partial charge in [0.2, 0.25) is 11.7 Å². The standard InChI is InChI=1S/C18H27NO6/c1-11(2)10-13(18(21)22)19-15(20)9-7-12-6-8-14(23-3)17(25-5)16(12)24-4/h6,8,11,13H,7,9-10H2,1-5H3,(H,19,20)(H,21,22)/t13-/m1/s1. The topological polar surface area (TPSA) is 94.1 Å². The molecular formula is C18H27NO6. The molecule has 0 radical (unpaired) electrons. The zero-order valence-corrected chi connectivity index (χ0v) is 15.4. The van der Waals surface area contributed by atoms with Crippen LogP contribution >= 0.6 is 0 Å². The zero-order valence-electron chi connectivity index (χ0n) is 15.4. The third kappa shape index (κ3) is 5.85. The van der Waals surface area contributed by atoms with E-state index in [2.05, 4.69) is 5.32 Å². The minimum Gasteiger partial charge on any atom is -0.493 e. The van der Waals surface area contributed by atoms with Gasteiger partial charge >= 0.3 is 5.97 Å². The van der Waals surface area contributed by atoms with E-state index in [0.29, 0.717) is 30.1 Å².